The van der Waals surface area contributed by atoms with Crippen molar-refractivity contribution in [2.75, 3.05) is 19.6 Å². The number of aliphatic hydroxyl groups is 1. The number of hydrogen-bond acceptors (Lipinski definition) is 3. The average Bonchev–Trinajstić information content (AvgIpc) is 2.72. The monoisotopic (exact) mass is 298 g/mol. The number of amides is 1. The summed E-state index contributed by atoms with van der Waals surface area (Å²) in [7, 11) is 0. The van der Waals surface area contributed by atoms with Gasteiger partial charge in [0.25, 0.3) is 5.91 Å². The summed E-state index contributed by atoms with van der Waals surface area (Å²) in [5.41, 5.74) is 0.625. The number of benzene rings is 1. The number of carbonyl (C=O) groups excluding carboxylic acids is 1. The molecule has 92 valence electrons. The van der Waals surface area contributed by atoms with Crippen LogP contribution in [0.15, 0.2) is 28.7 Å². The van der Waals surface area contributed by atoms with Crippen LogP contribution in [0.4, 0.5) is 0 Å². The topological polar surface area (TPSA) is 61.4 Å². The van der Waals surface area contributed by atoms with Crippen LogP contribution in [0.3, 0.4) is 0 Å². The Morgan fingerprint density at radius 2 is 2.35 bits per heavy atom. The first-order chi connectivity index (χ1) is 8.16. The minimum Gasteiger partial charge on any atom is -0.391 e. The molecule has 1 amide bonds. The summed E-state index contributed by atoms with van der Waals surface area (Å²) in [6, 6.07) is 7.24. The van der Waals surface area contributed by atoms with Crippen LogP contribution >= 0.6 is 15.9 Å². The van der Waals surface area contributed by atoms with E-state index in [-0.39, 0.29) is 17.9 Å². The molecule has 1 aromatic rings. The second-order valence-corrected chi connectivity index (χ2v) is 5.12. The Morgan fingerprint density at radius 1 is 1.53 bits per heavy atom. The Morgan fingerprint density at radius 3 is 3.00 bits per heavy atom. The molecule has 1 aromatic carbocycles. The lowest BCUT2D eigenvalue weighted by atomic mass is 10.1. The molecule has 0 spiro atoms. The summed E-state index contributed by atoms with van der Waals surface area (Å²) in [6.07, 6.45) is -0.363. The first-order valence-corrected chi connectivity index (χ1v) is 6.38. The van der Waals surface area contributed by atoms with E-state index in [0.29, 0.717) is 18.7 Å². The zero-order valence-electron chi connectivity index (χ0n) is 9.32. The molecule has 0 radical (unpaired) electrons. The van der Waals surface area contributed by atoms with Crippen LogP contribution in [0.5, 0.6) is 0 Å². The van der Waals surface area contributed by atoms with E-state index in [9.17, 15) is 9.90 Å². The fourth-order valence-electron chi connectivity index (χ4n) is 1.88. The summed E-state index contributed by atoms with van der Waals surface area (Å²) < 4.78 is 0.882. The van der Waals surface area contributed by atoms with Gasteiger partial charge in [-0.15, -0.1) is 0 Å². The number of aliphatic hydroxyl groups excluding tert-OH is 1. The average molecular weight is 299 g/mol. The molecule has 2 rings (SSSR count). The lowest BCUT2D eigenvalue weighted by Gasteiger charge is -2.14. The van der Waals surface area contributed by atoms with Gasteiger partial charge in [0, 0.05) is 35.6 Å². The number of hydrogen-bond donors (Lipinski definition) is 3. The van der Waals surface area contributed by atoms with E-state index in [4.69, 9.17) is 0 Å². The van der Waals surface area contributed by atoms with E-state index in [1.54, 1.807) is 12.1 Å². The van der Waals surface area contributed by atoms with Gasteiger partial charge in [0.15, 0.2) is 0 Å². The molecular formula is C12H15BrN2O2. The molecule has 4 nitrogen and oxygen atoms in total. The van der Waals surface area contributed by atoms with Crippen LogP contribution in [0.2, 0.25) is 0 Å². The Kier molecular flexibility index (Phi) is 4.15. The van der Waals surface area contributed by atoms with Gasteiger partial charge in [-0.3, -0.25) is 4.79 Å². The van der Waals surface area contributed by atoms with Gasteiger partial charge in [-0.1, -0.05) is 22.0 Å². The highest BCUT2D eigenvalue weighted by molar-refractivity contribution is 9.10. The molecule has 0 aromatic heterocycles. The Hall–Kier alpha value is -0.910. The molecule has 1 aliphatic heterocycles. The van der Waals surface area contributed by atoms with Crippen molar-refractivity contribution in [1.82, 2.24) is 10.6 Å². The smallest absolute Gasteiger partial charge is 0.251 e. The standard InChI is InChI=1S/C12H15BrN2O2/c13-10-3-1-2-8(4-10)12(17)15-6-9-5-14-7-11(9)16/h1-4,9,11,14,16H,5-7H2,(H,15,17). The van der Waals surface area contributed by atoms with E-state index in [2.05, 4.69) is 26.6 Å². The molecule has 2 atom stereocenters. The van der Waals surface area contributed by atoms with Crippen molar-refractivity contribution in [2.45, 2.75) is 6.10 Å². The Balaban J connectivity index is 1.89. The van der Waals surface area contributed by atoms with Crippen molar-refractivity contribution in [3.8, 4) is 0 Å². The maximum atomic E-state index is 11.8. The van der Waals surface area contributed by atoms with Gasteiger partial charge in [0.05, 0.1) is 6.10 Å². The van der Waals surface area contributed by atoms with Crippen molar-refractivity contribution >= 4 is 21.8 Å². The first kappa shape index (κ1) is 12.5. The molecule has 1 heterocycles. The third-order valence-electron chi connectivity index (χ3n) is 2.92. The summed E-state index contributed by atoms with van der Waals surface area (Å²) in [5.74, 6) is -0.00324. The van der Waals surface area contributed by atoms with Gasteiger partial charge in [-0.25, -0.2) is 0 Å². The molecular weight excluding hydrogens is 284 g/mol. The van der Waals surface area contributed by atoms with Gasteiger partial charge in [-0.05, 0) is 18.2 Å². The van der Waals surface area contributed by atoms with Gasteiger partial charge in [-0.2, -0.15) is 0 Å². The number of nitrogens with one attached hydrogen (secondary N) is 2. The second kappa shape index (κ2) is 5.62. The van der Waals surface area contributed by atoms with Crippen LogP contribution < -0.4 is 10.6 Å². The van der Waals surface area contributed by atoms with E-state index >= 15 is 0 Å². The maximum Gasteiger partial charge on any atom is 0.251 e. The quantitative estimate of drug-likeness (QED) is 0.772. The highest BCUT2D eigenvalue weighted by Crippen LogP contribution is 2.12. The second-order valence-electron chi connectivity index (χ2n) is 4.21. The van der Waals surface area contributed by atoms with Crippen molar-refractivity contribution in [3.05, 3.63) is 34.3 Å². The number of rotatable bonds is 3. The molecule has 1 aliphatic rings. The van der Waals surface area contributed by atoms with Crippen LogP contribution in [0.25, 0.3) is 0 Å². The SMILES string of the molecule is O=C(NCC1CNCC1O)c1cccc(Br)c1. The number of β-amino-alcohol motifs (C(OH)–C–C–N with tert-alkyl or cyclic N) is 1. The summed E-state index contributed by atoms with van der Waals surface area (Å²) >= 11 is 3.33. The zero-order valence-corrected chi connectivity index (χ0v) is 10.9. The van der Waals surface area contributed by atoms with E-state index in [1.807, 2.05) is 12.1 Å². The van der Waals surface area contributed by atoms with Crippen molar-refractivity contribution < 1.29 is 9.90 Å². The lowest BCUT2D eigenvalue weighted by Crippen LogP contribution is -2.34. The van der Waals surface area contributed by atoms with Crippen LogP contribution in [0, 0.1) is 5.92 Å². The van der Waals surface area contributed by atoms with E-state index < -0.39 is 0 Å². The molecule has 0 saturated carbocycles. The van der Waals surface area contributed by atoms with Crippen molar-refractivity contribution in [1.29, 1.82) is 0 Å². The predicted molar refractivity (Wildman–Crippen MR) is 68.8 cm³/mol. The van der Waals surface area contributed by atoms with Gasteiger partial charge < -0.3 is 15.7 Å². The fraction of sp³-hybridized carbons (Fsp3) is 0.417. The minimum atomic E-state index is -0.363. The molecule has 2 unspecified atom stereocenters. The van der Waals surface area contributed by atoms with Gasteiger partial charge >= 0.3 is 0 Å². The zero-order chi connectivity index (χ0) is 12.3. The number of halogens is 1. The van der Waals surface area contributed by atoms with Gasteiger partial charge in [0.1, 0.15) is 0 Å². The molecule has 0 bridgehead atoms. The molecule has 17 heavy (non-hydrogen) atoms. The summed E-state index contributed by atoms with van der Waals surface area (Å²) in [4.78, 5) is 11.8. The molecule has 1 saturated heterocycles. The third-order valence-corrected chi connectivity index (χ3v) is 3.41. The largest absolute Gasteiger partial charge is 0.391 e. The van der Waals surface area contributed by atoms with E-state index in [0.717, 1.165) is 11.0 Å². The third kappa shape index (κ3) is 3.28. The minimum absolute atomic E-state index is 0.103. The molecule has 3 N–H and O–H groups in total. The summed E-state index contributed by atoms with van der Waals surface area (Å²) in [6.45, 7) is 1.86. The lowest BCUT2D eigenvalue weighted by molar-refractivity contribution is 0.0927. The fourth-order valence-corrected chi connectivity index (χ4v) is 2.28. The first-order valence-electron chi connectivity index (χ1n) is 5.59. The molecule has 0 aliphatic carbocycles. The molecule has 5 heteroatoms. The van der Waals surface area contributed by atoms with Gasteiger partial charge in [0.2, 0.25) is 0 Å². The highest BCUT2D eigenvalue weighted by atomic mass is 79.9. The van der Waals surface area contributed by atoms with E-state index in [1.165, 1.54) is 0 Å². The van der Waals surface area contributed by atoms with Crippen molar-refractivity contribution in [3.63, 3.8) is 0 Å². The maximum absolute atomic E-state index is 11.8. The predicted octanol–water partition coefficient (Wildman–Crippen LogP) is 0.759. The Bertz CT molecular complexity index is 411. The molecule has 1 fully saturated rings. The normalized spacial score (nSPS) is 23.6. The number of carbonyl (C=O) groups is 1. The highest BCUT2D eigenvalue weighted by Gasteiger charge is 2.25. The van der Waals surface area contributed by atoms with Crippen LogP contribution in [-0.2, 0) is 0 Å². The van der Waals surface area contributed by atoms with Crippen molar-refractivity contribution in [2.24, 2.45) is 5.92 Å². The van der Waals surface area contributed by atoms with Crippen LogP contribution in [0.1, 0.15) is 10.4 Å². The summed E-state index contributed by atoms with van der Waals surface area (Å²) in [5, 5.41) is 15.5. The van der Waals surface area contributed by atoms with Crippen LogP contribution in [-0.4, -0.2) is 36.8 Å². The Labute approximate surface area is 109 Å².